The van der Waals surface area contributed by atoms with Crippen LogP contribution in [0.2, 0.25) is 0 Å². The van der Waals surface area contributed by atoms with Gasteiger partial charge in [0.15, 0.2) is 0 Å². The molecule has 0 N–H and O–H groups in total. The van der Waals surface area contributed by atoms with E-state index in [9.17, 15) is 0 Å². The van der Waals surface area contributed by atoms with Gasteiger partial charge in [0.1, 0.15) is 0 Å². The van der Waals surface area contributed by atoms with Crippen LogP contribution in [0.15, 0.2) is 23.1 Å². The van der Waals surface area contributed by atoms with E-state index in [2.05, 4.69) is 18.2 Å². The fourth-order valence-corrected chi connectivity index (χ4v) is 2.22. The number of hydrogen-bond donors (Lipinski definition) is 0. The lowest BCUT2D eigenvalue weighted by molar-refractivity contribution is 0.889. The first-order valence-corrected chi connectivity index (χ1v) is 4.58. The summed E-state index contributed by atoms with van der Waals surface area (Å²) < 4.78 is 0. The molecule has 1 aromatic rings. The third kappa shape index (κ3) is 1.06. The molecule has 0 spiro atoms. The molecule has 0 atom stereocenters. The molecular weight excluding hydrogens is 140 g/mol. The Morgan fingerprint density at radius 1 is 1.50 bits per heavy atom. The number of rotatable bonds is 0. The van der Waals surface area contributed by atoms with Crippen molar-refractivity contribution in [3.05, 3.63) is 29.8 Å². The molecule has 0 unspecified atom stereocenters. The van der Waals surface area contributed by atoms with Gasteiger partial charge < -0.3 is 0 Å². The quantitative estimate of drug-likeness (QED) is 0.546. The van der Waals surface area contributed by atoms with Gasteiger partial charge in [0.2, 0.25) is 0 Å². The van der Waals surface area contributed by atoms with Gasteiger partial charge in [-0.1, -0.05) is 18.2 Å². The Balaban J connectivity index is 2.41. The zero-order chi connectivity index (χ0) is 6.81. The second-order valence-corrected chi connectivity index (χ2v) is 3.58. The second-order valence-electron chi connectivity index (χ2n) is 2.48. The average molecular weight is 149 g/mol. The normalized spacial score (nSPS) is 16.4. The molecule has 1 aliphatic rings. The van der Waals surface area contributed by atoms with Crippen LogP contribution in [-0.4, -0.2) is 5.75 Å². The van der Waals surface area contributed by atoms with E-state index < -0.39 is 0 Å². The molecule has 2 rings (SSSR count). The summed E-state index contributed by atoms with van der Waals surface area (Å²) in [6.07, 6.45) is 2.58. The van der Waals surface area contributed by atoms with Crippen LogP contribution in [0.1, 0.15) is 12.0 Å². The Morgan fingerprint density at radius 2 is 2.50 bits per heavy atom. The molecule has 0 saturated heterocycles. The topological polar surface area (TPSA) is 0 Å². The van der Waals surface area contributed by atoms with Crippen molar-refractivity contribution in [2.75, 3.05) is 5.75 Å². The fourth-order valence-electron chi connectivity index (χ4n) is 1.22. The summed E-state index contributed by atoms with van der Waals surface area (Å²) in [7, 11) is 0. The molecule has 1 aromatic carbocycles. The lowest BCUT2D eigenvalue weighted by Gasteiger charge is -2.12. The van der Waals surface area contributed by atoms with E-state index in [1.807, 2.05) is 17.8 Å². The highest BCUT2D eigenvalue weighted by Gasteiger charge is 2.07. The molecule has 0 aliphatic carbocycles. The molecule has 1 heterocycles. The van der Waals surface area contributed by atoms with Crippen LogP contribution >= 0.6 is 11.8 Å². The smallest absolute Gasteiger partial charge is 0.0183 e. The fraction of sp³-hybridized carbons (Fsp3) is 0.333. The Kier molecular flexibility index (Phi) is 1.68. The minimum absolute atomic E-state index is 1.25. The number of fused-ring (bicyclic) bond motifs is 1. The van der Waals surface area contributed by atoms with Gasteiger partial charge in [-0.3, -0.25) is 0 Å². The molecule has 1 heteroatoms. The molecule has 10 heavy (non-hydrogen) atoms. The van der Waals surface area contributed by atoms with E-state index in [0.29, 0.717) is 0 Å². The first-order chi connectivity index (χ1) is 4.97. The van der Waals surface area contributed by atoms with Gasteiger partial charge in [0.25, 0.3) is 0 Å². The monoisotopic (exact) mass is 149 g/mol. The van der Waals surface area contributed by atoms with Crippen molar-refractivity contribution in [1.29, 1.82) is 0 Å². The van der Waals surface area contributed by atoms with Gasteiger partial charge in [-0.05, 0) is 30.2 Å². The molecule has 51 valence electrons. The largest absolute Gasteiger partial charge is 0.125 e. The van der Waals surface area contributed by atoms with E-state index in [0.717, 1.165) is 0 Å². The number of benzene rings is 1. The highest BCUT2D eigenvalue weighted by atomic mass is 32.2. The molecule has 0 aromatic heterocycles. The van der Waals surface area contributed by atoms with Crippen molar-refractivity contribution in [1.82, 2.24) is 0 Å². The van der Waals surface area contributed by atoms with Crippen molar-refractivity contribution in [3.8, 4) is 0 Å². The Hall–Kier alpha value is -0.430. The Labute approximate surface area is 65.6 Å². The van der Waals surface area contributed by atoms with Crippen molar-refractivity contribution >= 4 is 11.8 Å². The first kappa shape index (κ1) is 6.29. The predicted molar refractivity (Wildman–Crippen MR) is 44.3 cm³/mol. The van der Waals surface area contributed by atoms with E-state index in [1.165, 1.54) is 29.1 Å². The maximum atomic E-state index is 3.25. The SMILES string of the molecule is [c]1cccc2c1SCCC2. The van der Waals surface area contributed by atoms with Gasteiger partial charge in [0, 0.05) is 4.90 Å². The molecule has 0 amide bonds. The Morgan fingerprint density at radius 3 is 3.40 bits per heavy atom. The standard InChI is InChI=1S/C9H9S/c1-2-6-9-8(4-1)5-3-7-10-9/h1-2,4H,3,5,7H2. The summed E-state index contributed by atoms with van der Waals surface area (Å²) in [5.41, 5.74) is 1.48. The van der Waals surface area contributed by atoms with E-state index in [1.54, 1.807) is 0 Å². The second kappa shape index (κ2) is 2.67. The van der Waals surface area contributed by atoms with Crippen LogP contribution in [0.4, 0.5) is 0 Å². The van der Waals surface area contributed by atoms with Crippen molar-refractivity contribution in [2.24, 2.45) is 0 Å². The summed E-state index contributed by atoms with van der Waals surface area (Å²) in [5.74, 6) is 1.27. The maximum absolute atomic E-state index is 3.25. The van der Waals surface area contributed by atoms with Crippen LogP contribution in [0.25, 0.3) is 0 Å². The number of thioether (sulfide) groups is 1. The zero-order valence-corrected chi connectivity index (χ0v) is 6.58. The number of hydrogen-bond acceptors (Lipinski definition) is 1. The summed E-state index contributed by atoms with van der Waals surface area (Å²) >= 11 is 1.93. The van der Waals surface area contributed by atoms with Gasteiger partial charge >= 0.3 is 0 Å². The Bertz CT molecular complexity index is 205. The molecule has 0 fully saturated rings. The first-order valence-electron chi connectivity index (χ1n) is 3.59. The summed E-state index contributed by atoms with van der Waals surface area (Å²) in [6, 6.07) is 9.53. The minimum atomic E-state index is 1.25. The van der Waals surface area contributed by atoms with E-state index >= 15 is 0 Å². The van der Waals surface area contributed by atoms with Gasteiger partial charge in [0.05, 0.1) is 0 Å². The maximum Gasteiger partial charge on any atom is 0.0183 e. The van der Waals surface area contributed by atoms with Crippen LogP contribution in [-0.2, 0) is 6.42 Å². The van der Waals surface area contributed by atoms with Crippen molar-refractivity contribution in [3.63, 3.8) is 0 Å². The third-order valence-electron chi connectivity index (χ3n) is 1.74. The van der Waals surface area contributed by atoms with Crippen LogP contribution < -0.4 is 0 Å². The molecule has 0 nitrogen and oxygen atoms in total. The molecular formula is C9H9S. The minimum Gasteiger partial charge on any atom is -0.125 e. The average Bonchev–Trinajstić information content (AvgIpc) is 2.05. The van der Waals surface area contributed by atoms with Crippen molar-refractivity contribution < 1.29 is 0 Å². The molecule has 1 radical (unpaired) electrons. The number of aryl methyl sites for hydroxylation is 1. The van der Waals surface area contributed by atoms with E-state index in [4.69, 9.17) is 0 Å². The van der Waals surface area contributed by atoms with E-state index in [-0.39, 0.29) is 0 Å². The van der Waals surface area contributed by atoms with Crippen LogP contribution in [0, 0.1) is 6.07 Å². The van der Waals surface area contributed by atoms with Crippen LogP contribution in [0.3, 0.4) is 0 Å². The molecule has 1 aliphatic heterocycles. The summed E-state index contributed by atoms with van der Waals surface area (Å²) in [4.78, 5) is 1.37. The van der Waals surface area contributed by atoms with Gasteiger partial charge in [-0.25, -0.2) is 0 Å². The molecule has 0 saturated carbocycles. The van der Waals surface area contributed by atoms with Gasteiger partial charge in [-0.15, -0.1) is 11.8 Å². The van der Waals surface area contributed by atoms with Crippen LogP contribution in [0.5, 0.6) is 0 Å². The summed E-state index contributed by atoms with van der Waals surface area (Å²) in [5, 5.41) is 0. The zero-order valence-electron chi connectivity index (χ0n) is 5.76. The predicted octanol–water partition coefficient (Wildman–Crippen LogP) is 2.53. The highest BCUT2D eigenvalue weighted by Crippen LogP contribution is 2.28. The summed E-state index contributed by atoms with van der Waals surface area (Å²) in [6.45, 7) is 0. The lowest BCUT2D eigenvalue weighted by Crippen LogP contribution is -1.96. The lowest BCUT2D eigenvalue weighted by atomic mass is 10.1. The molecule has 0 bridgehead atoms. The third-order valence-corrected chi connectivity index (χ3v) is 2.90. The van der Waals surface area contributed by atoms with Gasteiger partial charge in [-0.2, -0.15) is 0 Å². The van der Waals surface area contributed by atoms with Crippen molar-refractivity contribution in [2.45, 2.75) is 17.7 Å². The highest BCUT2D eigenvalue weighted by molar-refractivity contribution is 7.99.